The van der Waals surface area contributed by atoms with Crippen LogP contribution in [0, 0.1) is 40.4 Å². The van der Waals surface area contributed by atoms with Crippen LogP contribution < -0.4 is 0 Å². The maximum Gasteiger partial charge on any atom is 0.110 e. The molecule has 8 heteroatoms. The van der Waals surface area contributed by atoms with Crippen LogP contribution in [0.25, 0.3) is 0 Å². The Morgan fingerprint density at radius 1 is 1.03 bits per heavy atom. The Kier molecular flexibility index (Phi) is 4.76. The maximum atomic E-state index is 12.5. The highest BCUT2D eigenvalue weighted by molar-refractivity contribution is 5.36. The number of ether oxygens (including phenoxy) is 3. The molecule has 1 spiro atoms. The van der Waals surface area contributed by atoms with Crippen molar-refractivity contribution in [3.8, 4) is 0 Å². The molecule has 1 aliphatic heterocycles. The number of aliphatic hydroxyl groups excluding tert-OH is 3. The van der Waals surface area contributed by atoms with Gasteiger partial charge in [-0.2, -0.15) is 0 Å². The molecule has 6 aliphatic rings. The van der Waals surface area contributed by atoms with Gasteiger partial charge in [0.1, 0.15) is 11.7 Å². The fraction of sp³-hybridized carbons (Fsp3) is 1.00. The highest BCUT2D eigenvalue weighted by atomic mass is 16.5. The summed E-state index contributed by atoms with van der Waals surface area (Å²) in [5, 5.41) is 47.3. The van der Waals surface area contributed by atoms with Crippen molar-refractivity contribution in [3.05, 3.63) is 0 Å². The fourth-order valence-corrected chi connectivity index (χ4v) is 10.7. The van der Waals surface area contributed by atoms with Crippen LogP contribution in [0.5, 0.6) is 0 Å². The van der Waals surface area contributed by atoms with Crippen LogP contribution in [0.1, 0.15) is 26.2 Å². The van der Waals surface area contributed by atoms with Gasteiger partial charge in [0, 0.05) is 68.4 Å². The van der Waals surface area contributed by atoms with E-state index in [1.54, 1.807) is 21.3 Å². The molecule has 0 aromatic rings. The van der Waals surface area contributed by atoms with E-state index >= 15 is 0 Å². The molecular weight excluding hydrogens is 414 g/mol. The molecule has 182 valence electrons. The standard InChI is InChI=1S/C24H39NO7/c1-5-25-9-22(10-30-2)7-6-13(26)23-12-8-11-16(27)14(12)24(29,21(28)17(11)31-3)15(20(23)25)18(32-4)19(22)23/h11-21,26-29H,5-10H2,1-4H3/t11-,12+,13+,14-,15?,16+,17-,18+,19-,20?,21-,22+,23?,24-/m1/s1. The van der Waals surface area contributed by atoms with Crippen LogP contribution in [0.4, 0.5) is 0 Å². The van der Waals surface area contributed by atoms with E-state index in [1.165, 1.54) is 0 Å². The first-order valence-electron chi connectivity index (χ1n) is 12.3. The summed E-state index contributed by atoms with van der Waals surface area (Å²) >= 11 is 0. The first-order valence-corrected chi connectivity index (χ1v) is 12.3. The summed E-state index contributed by atoms with van der Waals surface area (Å²) in [5.74, 6) is -1.29. The zero-order chi connectivity index (χ0) is 22.8. The van der Waals surface area contributed by atoms with Gasteiger partial charge in [-0.15, -0.1) is 0 Å². The number of hydrogen-bond acceptors (Lipinski definition) is 8. The molecule has 5 aliphatic carbocycles. The normalized spacial score (nSPS) is 62.4. The van der Waals surface area contributed by atoms with Gasteiger partial charge in [0.2, 0.25) is 0 Å². The summed E-state index contributed by atoms with van der Waals surface area (Å²) in [6.07, 6.45) is -1.22. The van der Waals surface area contributed by atoms with Crippen molar-refractivity contribution in [3.63, 3.8) is 0 Å². The molecule has 6 rings (SSSR count). The molecule has 0 amide bonds. The van der Waals surface area contributed by atoms with Gasteiger partial charge < -0.3 is 34.6 Å². The maximum absolute atomic E-state index is 12.5. The molecule has 0 aromatic heterocycles. The summed E-state index contributed by atoms with van der Waals surface area (Å²) in [6, 6.07) is -0.120. The van der Waals surface area contributed by atoms with Crippen molar-refractivity contribution in [2.24, 2.45) is 40.4 Å². The number of likely N-dealkylation sites (tertiary alicyclic amines) is 1. The summed E-state index contributed by atoms with van der Waals surface area (Å²) in [6.45, 7) is 4.33. The van der Waals surface area contributed by atoms with Crippen molar-refractivity contribution >= 4 is 0 Å². The molecule has 8 nitrogen and oxygen atoms in total. The van der Waals surface area contributed by atoms with E-state index < -0.39 is 47.3 Å². The summed E-state index contributed by atoms with van der Waals surface area (Å²) < 4.78 is 17.7. The molecule has 0 aromatic carbocycles. The van der Waals surface area contributed by atoms with E-state index in [1.807, 2.05) is 0 Å². The van der Waals surface area contributed by atoms with Gasteiger partial charge >= 0.3 is 0 Å². The average Bonchev–Trinajstić information content (AvgIpc) is 3.19. The van der Waals surface area contributed by atoms with E-state index in [4.69, 9.17) is 14.2 Å². The molecule has 32 heavy (non-hydrogen) atoms. The number of rotatable bonds is 5. The second-order valence-corrected chi connectivity index (χ2v) is 11.6. The van der Waals surface area contributed by atoms with E-state index in [2.05, 4.69) is 11.8 Å². The molecule has 1 saturated heterocycles. The minimum Gasteiger partial charge on any atom is -0.392 e. The molecule has 7 bridgehead atoms. The third kappa shape index (κ3) is 2.07. The summed E-state index contributed by atoms with van der Waals surface area (Å²) in [7, 11) is 4.98. The predicted octanol–water partition coefficient (Wildman–Crippen LogP) is -0.527. The van der Waals surface area contributed by atoms with Gasteiger partial charge in [0.25, 0.3) is 0 Å². The lowest BCUT2D eigenvalue weighted by Crippen LogP contribution is -2.78. The monoisotopic (exact) mass is 453 g/mol. The Morgan fingerprint density at radius 3 is 2.38 bits per heavy atom. The third-order valence-corrected chi connectivity index (χ3v) is 11.2. The Bertz CT molecular complexity index is 783. The van der Waals surface area contributed by atoms with Crippen molar-refractivity contribution in [2.75, 3.05) is 41.0 Å². The molecular formula is C24H39NO7. The van der Waals surface area contributed by atoms with Crippen molar-refractivity contribution in [1.29, 1.82) is 0 Å². The van der Waals surface area contributed by atoms with Gasteiger partial charge in [-0.05, 0) is 31.7 Å². The number of fused-ring (bicyclic) bond motifs is 2. The molecule has 3 unspecified atom stereocenters. The first kappa shape index (κ1) is 22.2. The lowest BCUT2D eigenvalue weighted by Gasteiger charge is -2.69. The zero-order valence-electron chi connectivity index (χ0n) is 19.6. The summed E-state index contributed by atoms with van der Waals surface area (Å²) in [4.78, 5) is 2.42. The van der Waals surface area contributed by atoms with Crippen LogP contribution in [-0.4, -0.2) is 109 Å². The SMILES string of the molecule is CCN1C[C@]2(COC)CC[C@H](O)C34C1C([C@H](OC)[C@@H]32)[C@]1(O)[C@H]2[C@@H](O)[C@@H](C[C@@H]24)[C@@H](OC)[C@H]1O. The Labute approximate surface area is 189 Å². The van der Waals surface area contributed by atoms with Crippen LogP contribution in [0.15, 0.2) is 0 Å². The zero-order valence-corrected chi connectivity index (χ0v) is 19.6. The third-order valence-electron chi connectivity index (χ3n) is 11.2. The summed E-state index contributed by atoms with van der Waals surface area (Å²) in [5.41, 5.74) is -2.24. The number of piperidine rings is 1. The molecule has 5 saturated carbocycles. The molecule has 14 atom stereocenters. The van der Waals surface area contributed by atoms with Gasteiger partial charge in [0.15, 0.2) is 0 Å². The van der Waals surface area contributed by atoms with Gasteiger partial charge in [-0.1, -0.05) is 6.92 Å². The van der Waals surface area contributed by atoms with Crippen molar-refractivity contribution in [2.45, 2.75) is 68.3 Å². The first-order chi connectivity index (χ1) is 15.3. The second kappa shape index (κ2) is 6.88. The van der Waals surface area contributed by atoms with Gasteiger partial charge in [0.05, 0.1) is 31.0 Å². The minimum absolute atomic E-state index is 0.000250. The number of nitrogens with zero attached hydrogens (tertiary/aromatic N) is 1. The Hall–Kier alpha value is -0.320. The highest BCUT2D eigenvalue weighted by Crippen LogP contribution is 2.79. The lowest BCUT2D eigenvalue weighted by atomic mass is 9.43. The number of methoxy groups -OCH3 is 3. The average molecular weight is 454 g/mol. The fourth-order valence-electron chi connectivity index (χ4n) is 10.7. The quantitative estimate of drug-likeness (QED) is 0.440. The smallest absolute Gasteiger partial charge is 0.110 e. The molecule has 6 fully saturated rings. The van der Waals surface area contributed by atoms with Crippen molar-refractivity contribution < 1.29 is 34.6 Å². The number of aliphatic hydroxyl groups is 4. The van der Waals surface area contributed by atoms with E-state index in [0.29, 0.717) is 19.4 Å². The lowest BCUT2D eigenvalue weighted by molar-refractivity contribution is -0.297. The van der Waals surface area contributed by atoms with E-state index in [9.17, 15) is 20.4 Å². The molecule has 1 heterocycles. The van der Waals surface area contributed by atoms with E-state index in [-0.39, 0.29) is 35.3 Å². The predicted molar refractivity (Wildman–Crippen MR) is 114 cm³/mol. The topological polar surface area (TPSA) is 112 Å². The minimum atomic E-state index is -1.54. The number of hydrogen-bond donors (Lipinski definition) is 4. The van der Waals surface area contributed by atoms with Crippen molar-refractivity contribution in [1.82, 2.24) is 4.90 Å². The molecule has 4 N–H and O–H groups in total. The van der Waals surface area contributed by atoms with Crippen LogP contribution in [-0.2, 0) is 14.2 Å². The van der Waals surface area contributed by atoms with Crippen LogP contribution in [0.2, 0.25) is 0 Å². The Morgan fingerprint density at radius 2 is 1.75 bits per heavy atom. The van der Waals surface area contributed by atoms with Gasteiger partial charge in [-0.3, -0.25) is 4.90 Å². The highest BCUT2D eigenvalue weighted by Gasteiger charge is 2.87. The largest absolute Gasteiger partial charge is 0.392 e. The van der Waals surface area contributed by atoms with Crippen LogP contribution in [0.3, 0.4) is 0 Å². The van der Waals surface area contributed by atoms with E-state index in [0.717, 1.165) is 19.5 Å². The second-order valence-electron chi connectivity index (χ2n) is 11.6. The van der Waals surface area contributed by atoms with Gasteiger partial charge in [-0.25, -0.2) is 0 Å². The molecule has 0 radical (unpaired) electrons. The van der Waals surface area contributed by atoms with Crippen LogP contribution >= 0.6 is 0 Å². The Balaban J connectivity index is 1.64.